The van der Waals surface area contributed by atoms with Crippen molar-refractivity contribution in [2.24, 2.45) is 5.10 Å². The van der Waals surface area contributed by atoms with Crippen molar-refractivity contribution in [3.63, 3.8) is 0 Å². The predicted molar refractivity (Wildman–Crippen MR) is 78.9 cm³/mol. The maximum absolute atomic E-state index is 12.7. The first-order chi connectivity index (χ1) is 10.5. The number of phenols is 1. The van der Waals surface area contributed by atoms with Crippen LogP contribution in [-0.4, -0.2) is 23.1 Å². The highest BCUT2D eigenvalue weighted by atomic mass is 19.1. The van der Waals surface area contributed by atoms with Crippen molar-refractivity contribution < 1.29 is 19.1 Å². The maximum atomic E-state index is 12.7. The van der Waals surface area contributed by atoms with Crippen LogP contribution in [0.25, 0.3) is 0 Å². The fourth-order valence-electron chi connectivity index (χ4n) is 1.50. The molecule has 112 valence electrons. The molecule has 0 saturated carbocycles. The zero-order valence-electron chi connectivity index (χ0n) is 11.3. The van der Waals surface area contributed by atoms with E-state index < -0.39 is 17.6 Å². The van der Waals surface area contributed by atoms with Gasteiger partial charge in [-0.15, -0.1) is 0 Å². The Morgan fingerprint density at radius 1 is 1.00 bits per heavy atom. The zero-order valence-corrected chi connectivity index (χ0v) is 11.3. The number of nitrogens with zero attached hydrogens (tertiary/aromatic N) is 1. The highest BCUT2D eigenvalue weighted by Gasteiger charge is 2.12. The average molecular weight is 301 g/mol. The molecule has 0 atom stereocenters. The second-order valence-electron chi connectivity index (χ2n) is 4.25. The molecular weight excluding hydrogens is 289 g/mol. The number of nitrogens with one attached hydrogen (secondary N) is 2. The van der Waals surface area contributed by atoms with Crippen LogP contribution >= 0.6 is 0 Å². The van der Waals surface area contributed by atoms with Crippen molar-refractivity contribution >= 4 is 23.7 Å². The Labute approximate surface area is 125 Å². The summed E-state index contributed by atoms with van der Waals surface area (Å²) in [6, 6.07) is 11.1. The number of amides is 2. The third-order valence-electron chi connectivity index (χ3n) is 2.58. The zero-order chi connectivity index (χ0) is 15.9. The van der Waals surface area contributed by atoms with Gasteiger partial charge in [0.05, 0.1) is 6.21 Å². The minimum Gasteiger partial charge on any atom is -0.508 e. The smallest absolute Gasteiger partial charge is 0.329 e. The first kappa shape index (κ1) is 15.2. The van der Waals surface area contributed by atoms with Gasteiger partial charge in [-0.3, -0.25) is 9.59 Å². The van der Waals surface area contributed by atoms with Gasteiger partial charge in [0.2, 0.25) is 0 Å². The molecule has 0 radical (unpaired) electrons. The van der Waals surface area contributed by atoms with Gasteiger partial charge in [-0.25, -0.2) is 9.82 Å². The van der Waals surface area contributed by atoms with Gasteiger partial charge in [-0.1, -0.05) is 0 Å². The molecule has 7 heteroatoms. The van der Waals surface area contributed by atoms with Gasteiger partial charge >= 0.3 is 11.8 Å². The maximum Gasteiger partial charge on any atom is 0.329 e. The average Bonchev–Trinajstić information content (AvgIpc) is 2.51. The second kappa shape index (κ2) is 6.98. The summed E-state index contributed by atoms with van der Waals surface area (Å²) in [4.78, 5) is 23.1. The number of halogens is 1. The predicted octanol–water partition coefficient (Wildman–Crippen LogP) is 1.62. The first-order valence-corrected chi connectivity index (χ1v) is 6.23. The molecule has 0 heterocycles. The van der Waals surface area contributed by atoms with Crippen LogP contribution < -0.4 is 10.7 Å². The van der Waals surface area contributed by atoms with Crippen LogP contribution in [0.2, 0.25) is 0 Å². The number of anilines is 1. The summed E-state index contributed by atoms with van der Waals surface area (Å²) in [7, 11) is 0. The van der Waals surface area contributed by atoms with E-state index >= 15 is 0 Å². The van der Waals surface area contributed by atoms with E-state index in [0.29, 0.717) is 11.3 Å². The van der Waals surface area contributed by atoms with Crippen LogP contribution in [0.3, 0.4) is 0 Å². The van der Waals surface area contributed by atoms with Gasteiger partial charge in [0, 0.05) is 5.69 Å². The summed E-state index contributed by atoms with van der Waals surface area (Å²) in [5.41, 5.74) is 2.99. The lowest BCUT2D eigenvalue weighted by Crippen LogP contribution is -2.32. The van der Waals surface area contributed by atoms with Crippen molar-refractivity contribution in [3.8, 4) is 5.75 Å². The number of benzene rings is 2. The van der Waals surface area contributed by atoms with Gasteiger partial charge in [0.1, 0.15) is 11.6 Å². The Morgan fingerprint density at radius 2 is 1.64 bits per heavy atom. The number of hydrogen-bond acceptors (Lipinski definition) is 4. The molecule has 0 fully saturated rings. The van der Waals surface area contributed by atoms with Crippen molar-refractivity contribution in [1.82, 2.24) is 5.43 Å². The third-order valence-corrected chi connectivity index (χ3v) is 2.58. The summed E-state index contributed by atoms with van der Waals surface area (Å²) in [6.45, 7) is 0. The molecule has 2 amide bonds. The molecular formula is C15H12FN3O3. The lowest BCUT2D eigenvalue weighted by Gasteiger charge is -2.03. The summed E-state index contributed by atoms with van der Waals surface area (Å²) in [6.07, 6.45) is 1.32. The highest BCUT2D eigenvalue weighted by molar-refractivity contribution is 6.39. The van der Waals surface area contributed by atoms with E-state index in [-0.39, 0.29) is 5.75 Å². The quantitative estimate of drug-likeness (QED) is 0.457. The first-order valence-electron chi connectivity index (χ1n) is 6.23. The molecule has 0 aliphatic heterocycles. The molecule has 3 N–H and O–H groups in total. The third kappa shape index (κ3) is 4.41. The van der Waals surface area contributed by atoms with E-state index in [9.17, 15) is 14.0 Å². The molecule has 0 spiro atoms. The number of carbonyl (C=O) groups excluding carboxylic acids is 2. The van der Waals surface area contributed by atoms with E-state index in [1.54, 1.807) is 12.1 Å². The summed E-state index contributed by atoms with van der Waals surface area (Å²) in [5.74, 6) is -2.21. The SMILES string of the molecule is O=C(N/N=C\c1ccc(O)cc1)C(=O)Nc1ccc(F)cc1. The molecule has 6 nitrogen and oxygen atoms in total. The van der Waals surface area contributed by atoms with E-state index in [4.69, 9.17) is 5.11 Å². The molecule has 0 saturated heterocycles. The number of hydrogen-bond donors (Lipinski definition) is 3. The fraction of sp³-hybridized carbons (Fsp3) is 0. The Kier molecular flexibility index (Phi) is 4.81. The molecule has 0 aromatic heterocycles. The van der Waals surface area contributed by atoms with Gasteiger partial charge in [-0.05, 0) is 54.1 Å². The monoisotopic (exact) mass is 301 g/mol. The van der Waals surface area contributed by atoms with Crippen molar-refractivity contribution in [1.29, 1.82) is 0 Å². The van der Waals surface area contributed by atoms with Crippen molar-refractivity contribution in [3.05, 3.63) is 59.9 Å². The Bertz CT molecular complexity index is 697. The Hall–Kier alpha value is -3.22. The van der Waals surface area contributed by atoms with Crippen LogP contribution in [0.15, 0.2) is 53.6 Å². The van der Waals surface area contributed by atoms with E-state index in [1.807, 2.05) is 0 Å². The Morgan fingerprint density at radius 3 is 2.27 bits per heavy atom. The van der Waals surface area contributed by atoms with Crippen LogP contribution in [0.4, 0.5) is 10.1 Å². The van der Waals surface area contributed by atoms with Crippen LogP contribution in [0.5, 0.6) is 5.75 Å². The van der Waals surface area contributed by atoms with Crippen LogP contribution in [-0.2, 0) is 9.59 Å². The molecule has 2 aromatic rings. The van der Waals surface area contributed by atoms with Gasteiger partial charge in [0.25, 0.3) is 0 Å². The van der Waals surface area contributed by atoms with Gasteiger partial charge in [-0.2, -0.15) is 5.10 Å². The molecule has 0 aliphatic rings. The molecule has 0 bridgehead atoms. The lowest BCUT2D eigenvalue weighted by atomic mass is 10.2. The highest BCUT2D eigenvalue weighted by Crippen LogP contribution is 2.08. The molecule has 2 rings (SSSR count). The largest absolute Gasteiger partial charge is 0.508 e. The van der Waals surface area contributed by atoms with Crippen molar-refractivity contribution in [2.45, 2.75) is 0 Å². The Balaban J connectivity index is 1.87. The van der Waals surface area contributed by atoms with Crippen LogP contribution in [0.1, 0.15) is 5.56 Å². The minimum absolute atomic E-state index is 0.111. The number of rotatable bonds is 3. The molecule has 0 unspecified atom stereocenters. The second-order valence-corrected chi connectivity index (χ2v) is 4.25. The molecule has 2 aromatic carbocycles. The number of hydrazone groups is 1. The lowest BCUT2D eigenvalue weighted by molar-refractivity contribution is -0.136. The van der Waals surface area contributed by atoms with Gasteiger partial charge < -0.3 is 10.4 Å². The molecule has 0 aliphatic carbocycles. The van der Waals surface area contributed by atoms with Gasteiger partial charge in [0.15, 0.2) is 0 Å². The van der Waals surface area contributed by atoms with Crippen LogP contribution in [0, 0.1) is 5.82 Å². The van der Waals surface area contributed by atoms with E-state index in [0.717, 1.165) is 12.1 Å². The summed E-state index contributed by atoms with van der Waals surface area (Å²) in [5, 5.41) is 15.0. The number of aromatic hydroxyl groups is 1. The van der Waals surface area contributed by atoms with E-state index in [1.165, 1.54) is 30.5 Å². The summed E-state index contributed by atoms with van der Waals surface area (Å²) < 4.78 is 12.7. The summed E-state index contributed by atoms with van der Waals surface area (Å²) >= 11 is 0. The molecule has 22 heavy (non-hydrogen) atoms. The topological polar surface area (TPSA) is 90.8 Å². The minimum atomic E-state index is -0.959. The normalized spacial score (nSPS) is 10.4. The van der Waals surface area contributed by atoms with E-state index in [2.05, 4.69) is 15.8 Å². The number of carbonyl (C=O) groups is 2. The number of phenolic OH excluding ortho intramolecular Hbond substituents is 1. The van der Waals surface area contributed by atoms with Crippen molar-refractivity contribution in [2.75, 3.05) is 5.32 Å². The fourth-order valence-corrected chi connectivity index (χ4v) is 1.50. The standard InChI is InChI=1S/C15H12FN3O3/c16-11-3-5-12(6-4-11)18-14(21)15(22)19-17-9-10-1-7-13(20)8-2-10/h1-9,20H,(H,18,21)(H,19,22)/b17-9-.